The summed E-state index contributed by atoms with van der Waals surface area (Å²) in [6, 6.07) is 21.3. The van der Waals surface area contributed by atoms with Gasteiger partial charge in [0, 0.05) is 15.7 Å². The van der Waals surface area contributed by atoms with Gasteiger partial charge in [-0.05, 0) is 60.2 Å². The minimum absolute atomic E-state index is 0.0772. The number of halogens is 2. The van der Waals surface area contributed by atoms with E-state index in [0.717, 1.165) is 10.0 Å². The highest BCUT2D eigenvalue weighted by molar-refractivity contribution is 9.10. The smallest absolute Gasteiger partial charge is 0.262 e. The number of ether oxygens (including phenoxy) is 1. The van der Waals surface area contributed by atoms with Gasteiger partial charge in [0.2, 0.25) is 0 Å². The average molecular weight is 471 g/mol. The van der Waals surface area contributed by atoms with Gasteiger partial charge in [0.1, 0.15) is 5.75 Å². The molecule has 0 aliphatic rings. The summed E-state index contributed by atoms with van der Waals surface area (Å²) in [7, 11) is 0. The van der Waals surface area contributed by atoms with Crippen molar-refractivity contribution in [3.8, 4) is 5.75 Å². The molecular formula is C23H17BrClNO3. The fraction of sp³-hybridized carbons (Fsp3) is 0.0435. The number of nitrogens with one attached hydrogen (secondary N) is 1. The van der Waals surface area contributed by atoms with E-state index in [0.29, 0.717) is 22.0 Å². The third-order valence-corrected chi connectivity index (χ3v) is 4.79. The number of hydrogen-bond donors (Lipinski definition) is 1. The average Bonchev–Trinajstić information content (AvgIpc) is 2.73. The maximum atomic E-state index is 12.2. The van der Waals surface area contributed by atoms with Crippen molar-refractivity contribution in [1.82, 2.24) is 0 Å². The Hall–Kier alpha value is -2.89. The molecular weight excluding hydrogens is 454 g/mol. The Balaban J connectivity index is 1.53. The van der Waals surface area contributed by atoms with E-state index in [4.69, 9.17) is 16.3 Å². The Morgan fingerprint density at radius 3 is 2.34 bits per heavy atom. The van der Waals surface area contributed by atoms with Crippen LogP contribution in [0.4, 0.5) is 5.69 Å². The van der Waals surface area contributed by atoms with Gasteiger partial charge in [0.25, 0.3) is 5.91 Å². The highest BCUT2D eigenvalue weighted by Crippen LogP contribution is 2.23. The Kier molecular flexibility index (Phi) is 7.22. The molecule has 0 bridgehead atoms. The highest BCUT2D eigenvalue weighted by Gasteiger charge is 2.06. The van der Waals surface area contributed by atoms with Gasteiger partial charge in [-0.25, -0.2) is 0 Å². The first kappa shape index (κ1) is 20.8. The van der Waals surface area contributed by atoms with Crippen molar-refractivity contribution in [1.29, 1.82) is 0 Å². The zero-order valence-corrected chi connectivity index (χ0v) is 17.6. The fourth-order valence-corrected chi connectivity index (χ4v) is 2.92. The quantitative estimate of drug-likeness (QED) is 0.339. The van der Waals surface area contributed by atoms with E-state index in [1.807, 2.05) is 24.3 Å². The summed E-state index contributed by atoms with van der Waals surface area (Å²) in [6.45, 7) is -0.146. The number of carbonyl (C=O) groups is 2. The molecule has 0 saturated heterocycles. The summed E-state index contributed by atoms with van der Waals surface area (Å²) >= 11 is 9.34. The van der Waals surface area contributed by atoms with Crippen LogP contribution in [-0.4, -0.2) is 18.3 Å². The van der Waals surface area contributed by atoms with Gasteiger partial charge in [0.05, 0.1) is 5.02 Å². The number of rotatable bonds is 7. The lowest BCUT2D eigenvalue weighted by Crippen LogP contribution is -2.20. The standard InChI is InChI=1S/C23H17BrClNO3/c24-18-10-8-17(9-11-18)21(27)14-7-16-5-12-19(13-6-16)26-23(28)15-29-22-4-2-1-3-20(22)25/h1-14H,15H2,(H,26,28). The number of carbonyl (C=O) groups excluding carboxylic acids is 2. The van der Waals surface area contributed by atoms with Gasteiger partial charge in [0.15, 0.2) is 12.4 Å². The van der Waals surface area contributed by atoms with Crippen LogP contribution in [0.15, 0.2) is 83.3 Å². The fourth-order valence-electron chi connectivity index (χ4n) is 2.46. The highest BCUT2D eigenvalue weighted by atomic mass is 79.9. The second-order valence-electron chi connectivity index (χ2n) is 6.09. The number of para-hydroxylation sites is 1. The van der Waals surface area contributed by atoms with Crippen LogP contribution in [-0.2, 0) is 4.79 Å². The van der Waals surface area contributed by atoms with Crippen LogP contribution in [0.25, 0.3) is 6.08 Å². The molecule has 3 rings (SSSR count). The summed E-state index contributed by atoms with van der Waals surface area (Å²) in [5, 5.41) is 3.21. The Morgan fingerprint density at radius 1 is 0.966 bits per heavy atom. The van der Waals surface area contributed by atoms with Gasteiger partial charge in [-0.2, -0.15) is 0 Å². The molecule has 146 valence electrons. The first-order valence-electron chi connectivity index (χ1n) is 8.76. The molecule has 1 N–H and O–H groups in total. The van der Waals surface area contributed by atoms with Gasteiger partial charge in [-0.15, -0.1) is 0 Å². The number of benzene rings is 3. The lowest BCUT2D eigenvalue weighted by molar-refractivity contribution is -0.118. The molecule has 29 heavy (non-hydrogen) atoms. The van der Waals surface area contributed by atoms with Crippen molar-refractivity contribution in [2.75, 3.05) is 11.9 Å². The summed E-state index contributed by atoms with van der Waals surface area (Å²) in [6.07, 6.45) is 3.25. The van der Waals surface area contributed by atoms with E-state index in [9.17, 15) is 9.59 Å². The third-order valence-electron chi connectivity index (χ3n) is 3.95. The topological polar surface area (TPSA) is 55.4 Å². The van der Waals surface area contributed by atoms with Crippen molar-refractivity contribution in [3.05, 3.63) is 99.5 Å². The monoisotopic (exact) mass is 469 g/mol. The number of ketones is 1. The van der Waals surface area contributed by atoms with Gasteiger partial charge >= 0.3 is 0 Å². The number of amides is 1. The third kappa shape index (κ3) is 6.31. The van der Waals surface area contributed by atoms with Crippen LogP contribution in [0.3, 0.4) is 0 Å². The Bertz CT molecular complexity index is 1030. The molecule has 0 atom stereocenters. The predicted molar refractivity (Wildman–Crippen MR) is 120 cm³/mol. The van der Waals surface area contributed by atoms with Crippen LogP contribution < -0.4 is 10.1 Å². The number of allylic oxidation sites excluding steroid dienone is 1. The molecule has 0 unspecified atom stereocenters. The maximum absolute atomic E-state index is 12.2. The van der Waals surface area contributed by atoms with Gasteiger partial charge < -0.3 is 10.1 Å². The molecule has 0 aliphatic heterocycles. The Labute approximate surface area is 182 Å². The van der Waals surface area contributed by atoms with Crippen molar-refractivity contribution in [3.63, 3.8) is 0 Å². The molecule has 1 amide bonds. The predicted octanol–water partition coefficient (Wildman–Crippen LogP) is 6.02. The zero-order chi connectivity index (χ0) is 20.6. The molecule has 0 aliphatic carbocycles. The van der Waals surface area contributed by atoms with Crippen LogP contribution in [0.1, 0.15) is 15.9 Å². The van der Waals surface area contributed by atoms with Crippen LogP contribution in [0.2, 0.25) is 5.02 Å². The second-order valence-corrected chi connectivity index (χ2v) is 7.42. The van der Waals surface area contributed by atoms with Gasteiger partial charge in [-0.1, -0.05) is 57.9 Å². The van der Waals surface area contributed by atoms with Crippen LogP contribution in [0.5, 0.6) is 5.75 Å². The zero-order valence-electron chi connectivity index (χ0n) is 15.3. The van der Waals surface area contributed by atoms with Crippen molar-refractivity contribution in [2.24, 2.45) is 0 Å². The first-order valence-corrected chi connectivity index (χ1v) is 9.93. The van der Waals surface area contributed by atoms with E-state index in [-0.39, 0.29) is 18.3 Å². The normalized spacial score (nSPS) is 10.7. The summed E-state index contributed by atoms with van der Waals surface area (Å²) < 4.78 is 6.34. The minimum Gasteiger partial charge on any atom is -0.482 e. The molecule has 6 heteroatoms. The van der Waals surface area contributed by atoms with Crippen LogP contribution in [0, 0.1) is 0 Å². The SMILES string of the molecule is O=C(COc1ccccc1Cl)Nc1ccc(C=CC(=O)c2ccc(Br)cc2)cc1. The number of hydrogen-bond acceptors (Lipinski definition) is 3. The van der Waals surface area contributed by atoms with E-state index >= 15 is 0 Å². The first-order chi connectivity index (χ1) is 14.0. The summed E-state index contributed by atoms with van der Waals surface area (Å²) in [5.41, 5.74) is 2.10. The number of anilines is 1. The van der Waals surface area contributed by atoms with E-state index in [1.165, 1.54) is 6.08 Å². The molecule has 3 aromatic rings. The van der Waals surface area contributed by atoms with Crippen molar-refractivity contribution in [2.45, 2.75) is 0 Å². The molecule has 0 heterocycles. The van der Waals surface area contributed by atoms with Crippen molar-refractivity contribution < 1.29 is 14.3 Å². The van der Waals surface area contributed by atoms with E-state index in [1.54, 1.807) is 54.6 Å². The molecule has 0 saturated carbocycles. The van der Waals surface area contributed by atoms with Gasteiger partial charge in [-0.3, -0.25) is 9.59 Å². The lowest BCUT2D eigenvalue weighted by Gasteiger charge is -2.08. The molecule has 0 fully saturated rings. The van der Waals surface area contributed by atoms with Crippen LogP contribution >= 0.6 is 27.5 Å². The minimum atomic E-state index is -0.293. The van der Waals surface area contributed by atoms with E-state index < -0.39 is 0 Å². The Morgan fingerprint density at radius 2 is 1.66 bits per heavy atom. The largest absolute Gasteiger partial charge is 0.482 e. The maximum Gasteiger partial charge on any atom is 0.262 e. The second kappa shape index (κ2) is 10.0. The molecule has 0 radical (unpaired) electrons. The molecule has 0 aromatic heterocycles. The van der Waals surface area contributed by atoms with Crippen molar-refractivity contribution >= 4 is 51.0 Å². The lowest BCUT2D eigenvalue weighted by atomic mass is 10.1. The molecule has 3 aromatic carbocycles. The summed E-state index contributed by atoms with van der Waals surface area (Å²) in [4.78, 5) is 24.2. The van der Waals surface area contributed by atoms with E-state index in [2.05, 4.69) is 21.2 Å². The molecule has 4 nitrogen and oxygen atoms in total. The molecule has 0 spiro atoms. The summed E-state index contributed by atoms with van der Waals surface area (Å²) in [5.74, 6) is 0.0884.